The van der Waals surface area contributed by atoms with Crippen LogP contribution >= 0.6 is 0 Å². The summed E-state index contributed by atoms with van der Waals surface area (Å²) < 4.78 is 6.56. The van der Waals surface area contributed by atoms with Gasteiger partial charge in [-0.15, -0.1) is 0 Å². The highest BCUT2D eigenvalue weighted by molar-refractivity contribution is 5.95. The van der Waals surface area contributed by atoms with Gasteiger partial charge < -0.3 is 20.3 Å². The van der Waals surface area contributed by atoms with Crippen molar-refractivity contribution in [2.45, 2.75) is 67.7 Å². The van der Waals surface area contributed by atoms with E-state index < -0.39 is 17.1 Å². The summed E-state index contributed by atoms with van der Waals surface area (Å²) in [5.41, 5.74) is 1.69. The van der Waals surface area contributed by atoms with Crippen molar-refractivity contribution in [3.8, 4) is 11.5 Å². The monoisotopic (exact) mass is 497 g/mol. The number of pyridine rings is 1. The number of carbonyl (C=O) groups excluding carboxylic acids is 1. The summed E-state index contributed by atoms with van der Waals surface area (Å²) in [6.07, 6.45) is 4.84. The summed E-state index contributed by atoms with van der Waals surface area (Å²) in [7, 11) is 0. The number of phenolic OH excluding ortho intramolecular Hbond substituents is 1. The summed E-state index contributed by atoms with van der Waals surface area (Å²) in [5, 5.41) is 27.6. The van der Waals surface area contributed by atoms with E-state index in [9.17, 15) is 15.0 Å². The molecule has 2 bridgehead atoms. The predicted molar refractivity (Wildman–Crippen MR) is 138 cm³/mol. The lowest BCUT2D eigenvalue weighted by molar-refractivity contribution is -0.191. The summed E-state index contributed by atoms with van der Waals surface area (Å²) in [6, 6.07) is 14.9. The zero-order valence-corrected chi connectivity index (χ0v) is 20.7. The molecular weight excluding hydrogens is 466 g/mol. The fourth-order valence-corrected chi connectivity index (χ4v) is 8.06. The molecule has 5 atom stereocenters. The normalized spacial score (nSPS) is 33.6. The van der Waals surface area contributed by atoms with Gasteiger partial charge in [-0.2, -0.15) is 0 Å². The summed E-state index contributed by atoms with van der Waals surface area (Å²) in [6.45, 7) is 1.94. The average molecular weight is 498 g/mol. The van der Waals surface area contributed by atoms with Crippen LogP contribution in [-0.4, -0.2) is 62.9 Å². The lowest BCUT2D eigenvalue weighted by Gasteiger charge is -2.64. The fraction of sp³-hybridized carbons (Fsp3) is 0.467. The first-order chi connectivity index (χ1) is 18.0. The zero-order valence-electron chi connectivity index (χ0n) is 20.7. The molecule has 190 valence electrons. The Morgan fingerprint density at radius 2 is 1.97 bits per heavy atom. The van der Waals surface area contributed by atoms with E-state index in [-0.39, 0.29) is 23.7 Å². The molecule has 3 heterocycles. The Hall–Kier alpha value is -3.16. The van der Waals surface area contributed by atoms with E-state index in [0.717, 1.165) is 53.9 Å². The Bertz CT molecular complexity index is 1450. The molecule has 3 aromatic rings. The lowest BCUT2D eigenvalue weighted by atomic mass is 9.48. The molecule has 2 aliphatic heterocycles. The number of benzene rings is 2. The Morgan fingerprint density at radius 3 is 2.84 bits per heavy atom. The average Bonchev–Trinajstić information content (AvgIpc) is 3.65. The molecule has 8 rings (SSSR count). The quantitative estimate of drug-likeness (QED) is 0.512. The molecule has 3 aliphatic carbocycles. The van der Waals surface area contributed by atoms with Gasteiger partial charge in [-0.05, 0) is 74.8 Å². The van der Waals surface area contributed by atoms with Gasteiger partial charge in [0.05, 0.1) is 22.6 Å². The minimum atomic E-state index is -0.959. The number of carbonyl (C=O) groups is 1. The number of nitrogens with one attached hydrogen (secondary N) is 1. The van der Waals surface area contributed by atoms with Crippen molar-refractivity contribution in [2.75, 3.05) is 13.1 Å². The second-order valence-electron chi connectivity index (χ2n) is 11.8. The molecule has 7 heteroatoms. The minimum Gasteiger partial charge on any atom is -0.504 e. The summed E-state index contributed by atoms with van der Waals surface area (Å²) in [5.74, 6) is 1.13. The van der Waals surface area contributed by atoms with E-state index in [4.69, 9.17) is 4.74 Å². The van der Waals surface area contributed by atoms with Crippen LogP contribution in [0.25, 0.3) is 10.9 Å². The number of fused-ring (bicyclic) bond motifs is 1. The Labute approximate surface area is 215 Å². The van der Waals surface area contributed by atoms with E-state index in [1.807, 2.05) is 36.4 Å². The molecule has 5 aliphatic rings. The van der Waals surface area contributed by atoms with E-state index >= 15 is 0 Å². The lowest BCUT2D eigenvalue weighted by Crippen LogP contribution is -2.78. The number of hydrogen-bond donors (Lipinski definition) is 3. The molecule has 0 unspecified atom stereocenters. The molecule has 1 aromatic heterocycles. The number of amides is 1. The van der Waals surface area contributed by atoms with Gasteiger partial charge in [0, 0.05) is 23.5 Å². The predicted octanol–water partition coefficient (Wildman–Crippen LogP) is 3.30. The number of likely N-dealkylation sites (tertiary alicyclic amines) is 1. The Kier molecular flexibility index (Phi) is 4.41. The second-order valence-corrected chi connectivity index (χ2v) is 11.8. The number of piperidine rings is 1. The van der Waals surface area contributed by atoms with E-state index in [2.05, 4.69) is 15.2 Å². The summed E-state index contributed by atoms with van der Waals surface area (Å²) >= 11 is 0. The highest BCUT2D eigenvalue weighted by Gasteiger charge is 2.73. The third-order valence-electron chi connectivity index (χ3n) is 9.91. The third kappa shape index (κ3) is 2.90. The van der Waals surface area contributed by atoms with Crippen molar-refractivity contribution in [2.24, 2.45) is 5.92 Å². The van der Waals surface area contributed by atoms with Crippen LogP contribution in [0.2, 0.25) is 0 Å². The fourth-order valence-electron chi connectivity index (χ4n) is 8.06. The van der Waals surface area contributed by atoms with Crippen molar-refractivity contribution in [1.29, 1.82) is 0 Å². The third-order valence-corrected chi connectivity index (χ3v) is 9.91. The molecule has 2 saturated carbocycles. The number of para-hydroxylation sites is 1. The number of ether oxygens (including phenoxy) is 1. The summed E-state index contributed by atoms with van der Waals surface area (Å²) in [4.78, 5) is 20.5. The number of rotatable bonds is 4. The molecule has 1 saturated heterocycles. The van der Waals surface area contributed by atoms with Gasteiger partial charge in [-0.3, -0.25) is 9.69 Å². The first-order valence-electron chi connectivity index (χ1n) is 13.6. The number of hydrogen-bond acceptors (Lipinski definition) is 6. The standard InChI is InChI=1S/C30H31N3O4/c34-23-10-8-19-15-24-30(36)12-11-21(32-28(35)22-9-7-18-3-1-2-4-20(18)31-22)27-29(30,25(19)26(23)37-27)13-14-33(24)16-17-5-6-17/h1-4,7-10,17,21,24,27,34,36H,5-6,11-16H2,(H,32,35)/t21-,24+,27-,29-,30+/m0/s1. The molecule has 0 radical (unpaired) electrons. The first kappa shape index (κ1) is 21.9. The molecule has 1 amide bonds. The molecule has 7 nitrogen and oxygen atoms in total. The smallest absolute Gasteiger partial charge is 0.270 e. The zero-order chi connectivity index (χ0) is 24.9. The van der Waals surface area contributed by atoms with Crippen molar-refractivity contribution in [1.82, 2.24) is 15.2 Å². The van der Waals surface area contributed by atoms with Gasteiger partial charge in [0.1, 0.15) is 11.8 Å². The number of aliphatic hydroxyl groups is 1. The number of aromatic nitrogens is 1. The first-order valence-corrected chi connectivity index (χ1v) is 13.6. The highest BCUT2D eigenvalue weighted by Crippen LogP contribution is 2.65. The van der Waals surface area contributed by atoms with Crippen molar-refractivity contribution < 1.29 is 19.7 Å². The number of nitrogens with zero attached hydrogens (tertiary/aromatic N) is 2. The van der Waals surface area contributed by atoms with Crippen LogP contribution in [0.5, 0.6) is 11.5 Å². The maximum atomic E-state index is 13.4. The Morgan fingerprint density at radius 1 is 1.11 bits per heavy atom. The van der Waals surface area contributed by atoms with Crippen LogP contribution in [0, 0.1) is 5.92 Å². The molecule has 3 N–H and O–H groups in total. The Balaban J connectivity index is 1.17. The second kappa shape index (κ2) is 7.45. The SMILES string of the molecule is O=C(N[C@H]1CC[C@@]2(O)[C@H]3Cc4ccc(O)c5c4[C@@]2(CCN3CC2CC2)[C@H]1O5)c1ccc2ccccc2n1. The van der Waals surface area contributed by atoms with Crippen LogP contribution in [0.1, 0.15) is 53.7 Å². The van der Waals surface area contributed by atoms with Gasteiger partial charge in [0.15, 0.2) is 11.5 Å². The van der Waals surface area contributed by atoms with Crippen molar-refractivity contribution in [3.63, 3.8) is 0 Å². The van der Waals surface area contributed by atoms with Crippen LogP contribution < -0.4 is 10.1 Å². The molecule has 3 fully saturated rings. The van der Waals surface area contributed by atoms with Gasteiger partial charge in [-0.25, -0.2) is 4.98 Å². The number of phenols is 1. The van der Waals surface area contributed by atoms with Crippen LogP contribution in [0.15, 0.2) is 48.5 Å². The highest BCUT2D eigenvalue weighted by atomic mass is 16.5. The van der Waals surface area contributed by atoms with Gasteiger partial charge in [0.2, 0.25) is 0 Å². The largest absolute Gasteiger partial charge is 0.504 e. The van der Waals surface area contributed by atoms with E-state index in [1.165, 1.54) is 12.8 Å². The molecule has 37 heavy (non-hydrogen) atoms. The number of aromatic hydroxyl groups is 1. The molecule has 2 aromatic carbocycles. The minimum absolute atomic E-state index is 0.0229. The van der Waals surface area contributed by atoms with E-state index in [1.54, 1.807) is 12.1 Å². The van der Waals surface area contributed by atoms with Crippen LogP contribution in [-0.2, 0) is 11.8 Å². The van der Waals surface area contributed by atoms with Gasteiger partial charge >= 0.3 is 0 Å². The van der Waals surface area contributed by atoms with Crippen LogP contribution in [0.3, 0.4) is 0 Å². The molecular formula is C30H31N3O4. The maximum absolute atomic E-state index is 13.4. The maximum Gasteiger partial charge on any atom is 0.270 e. The van der Waals surface area contributed by atoms with Crippen LogP contribution in [0.4, 0.5) is 0 Å². The van der Waals surface area contributed by atoms with E-state index in [0.29, 0.717) is 24.3 Å². The van der Waals surface area contributed by atoms with Crippen molar-refractivity contribution in [3.05, 3.63) is 65.4 Å². The topological polar surface area (TPSA) is 94.9 Å². The van der Waals surface area contributed by atoms with Gasteiger partial charge in [0.25, 0.3) is 5.91 Å². The molecule has 1 spiro atoms. The van der Waals surface area contributed by atoms with Crippen molar-refractivity contribution >= 4 is 16.8 Å². The van der Waals surface area contributed by atoms with Gasteiger partial charge in [-0.1, -0.05) is 30.3 Å².